The lowest BCUT2D eigenvalue weighted by molar-refractivity contribution is 0.102. The van der Waals surface area contributed by atoms with Crippen molar-refractivity contribution in [3.05, 3.63) is 95.4 Å². The van der Waals surface area contributed by atoms with Crippen molar-refractivity contribution in [1.29, 1.82) is 0 Å². The second kappa shape index (κ2) is 6.84. The van der Waals surface area contributed by atoms with Crippen molar-refractivity contribution in [1.82, 2.24) is 4.98 Å². The summed E-state index contributed by atoms with van der Waals surface area (Å²) in [6, 6.07) is 23.0. The summed E-state index contributed by atoms with van der Waals surface area (Å²) >= 11 is 0. The third-order valence-electron chi connectivity index (χ3n) is 4.20. The van der Waals surface area contributed by atoms with Crippen LogP contribution in [0, 0.1) is 6.92 Å². The smallest absolute Gasteiger partial charge is 0.255 e. The van der Waals surface area contributed by atoms with Gasteiger partial charge in [-0.3, -0.25) is 4.79 Å². The predicted octanol–water partition coefficient (Wildman–Crippen LogP) is 4.98. The lowest BCUT2D eigenvalue weighted by Crippen LogP contribution is -2.11. The fraction of sp³-hybridized carbons (Fsp3) is 0.0909. The van der Waals surface area contributed by atoms with Gasteiger partial charge < -0.3 is 9.73 Å². The molecule has 0 spiro atoms. The van der Waals surface area contributed by atoms with Gasteiger partial charge in [-0.05, 0) is 42.8 Å². The second-order valence-electron chi connectivity index (χ2n) is 6.27. The standard InChI is InChI=1S/C22H18N2O2/c1-15-7-9-17(10-8-15)22(25)23-18-11-12-20-19(14-18)24-21(26-20)13-16-5-3-2-4-6-16/h2-12,14H,13H2,1H3,(H,23,25). The van der Waals surface area contributed by atoms with E-state index in [1.54, 1.807) is 0 Å². The number of oxazole rings is 1. The van der Waals surface area contributed by atoms with Crippen LogP contribution in [0.15, 0.2) is 77.2 Å². The van der Waals surface area contributed by atoms with Gasteiger partial charge in [0.15, 0.2) is 11.5 Å². The highest BCUT2D eigenvalue weighted by Gasteiger charge is 2.10. The molecule has 4 rings (SSSR count). The number of rotatable bonds is 4. The van der Waals surface area contributed by atoms with E-state index in [0.717, 1.165) is 16.6 Å². The maximum absolute atomic E-state index is 12.4. The maximum Gasteiger partial charge on any atom is 0.255 e. The van der Waals surface area contributed by atoms with Gasteiger partial charge >= 0.3 is 0 Å². The summed E-state index contributed by atoms with van der Waals surface area (Å²) in [6.07, 6.45) is 0.639. The molecule has 0 radical (unpaired) electrons. The molecule has 0 saturated heterocycles. The topological polar surface area (TPSA) is 55.1 Å². The summed E-state index contributed by atoms with van der Waals surface area (Å²) in [5.41, 5.74) is 5.04. The number of amides is 1. The number of benzene rings is 3. The fourth-order valence-corrected chi connectivity index (χ4v) is 2.81. The number of nitrogens with zero attached hydrogens (tertiary/aromatic N) is 1. The summed E-state index contributed by atoms with van der Waals surface area (Å²) in [7, 11) is 0. The molecule has 4 heteroatoms. The minimum Gasteiger partial charge on any atom is -0.440 e. The molecule has 0 aliphatic rings. The van der Waals surface area contributed by atoms with E-state index in [1.165, 1.54) is 0 Å². The maximum atomic E-state index is 12.4. The zero-order valence-electron chi connectivity index (χ0n) is 14.4. The van der Waals surface area contributed by atoms with Crippen molar-refractivity contribution in [3.8, 4) is 0 Å². The first-order chi connectivity index (χ1) is 12.7. The average Bonchev–Trinajstić information content (AvgIpc) is 3.04. The molecule has 4 aromatic rings. The molecular formula is C22H18N2O2. The van der Waals surface area contributed by atoms with E-state index in [9.17, 15) is 4.79 Å². The first-order valence-corrected chi connectivity index (χ1v) is 8.49. The van der Waals surface area contributed by atoms with Gasteiger partial charge in [-0.25, -0.2) is 4.98 Å². The molecule has 0 saturated carbocycles. The Balaban J connectivity index is 1.53. The van der Waals surface area contributed by atoms with Crippen LogP contribution in [0.3, 0.4) is 0 Å². The van der Waals surface area contributed by atoms with Crippen LogP contribution in [-0.4, -0.2) is 10.9 Å². The van der Waals surface area contributed by atoms with E-state index < -0.39 is 0 Å². The van der Waals surface area contributed by atoms with Gasteiger partial charge in [-0.15, -0.1) is 0 Å². The molecule has 0 aliphatic heterocycles. The summed E-state index contributed by atoms with van der Waals surface area (Å²) in [6.45, 7) is 1.99. The van der Waals surface area contributed by atoms with Crippen molar-refractivity contribution in [2.75, 3.05) is 5.32 Å². The molecule has 1 heterocycles. The number of carbonyl (C=O) groups is 1. The first kappa shape index (κ1) is 16.1. The first-order valence-electron chi connectivity index (χ1n) is 8.49. The molecule has 3 aromatic carbocycles. The van der Waals surface area contributed by atoms with Crippen LogP contribution in [0.4, 0.5) is 5.69 Å². The van der Waals surface area contributed by atoms with E-state index >= 15 is 0 Å². The number of aryl methyl sites for hydroxylation is 1. The molecule has 4 nitrogen and oxygen atoms in total. The van der Waals surface area contributed by atoms with Crippen molar-refractivity contribution in [3.63, 3.8) is 0 Å². The molecule has 0 aliphatic carbocycles. The normalized spacial score (nSPS) is 10.8. The van der Waals surface area contributed by atoms with Gasteiger partial charge in [0.1, 0.15) is 5.52 Å². The third-order valence-corrected chi connectivity index (χ3v) is 4.20. The van der Waals surface area contributed by atoms with Gasteiger partial charge in [-0.2, -0.15) is 0 Å². The lowest BCUT2D eigenvalue weighted by atomic mass is 10.1. The summed E-state index contributed by atoms with van der Waals surface area (Å²) in [5.74, 6) is 0.519. The largest absolute Gasteiger partial charge is 0.440 e. The number of hydrogen-bond donors (Lipinski definition) is 1. The molecule has 0 unspecified atom stereocenters. The molecule has 1 aromatic heterocycles. The molecule has 1 amide bonds. The van der Waals surface area contributed by atoms with Gasteiger partial charge in [-0.1, -0.05) is 48.0 Å². The summed E-state index contributed by atoms with van der Waals surface area (Å²) < 4.78 is 5.81. The fourth-order valence-electron chi connectivity index (χ4n) is 2.81. The number of fused-ring (bicyclic) bond motifs is 1. The highest BCUT2D eigenvalue weighted by molar-refractivity contribution is 6.04. The quantitative estimate of drug-likeness (QED) is 0.569. The minimum atomic E-state index is -0.141. The van der Waals surface area contributed by atoms with Crippen LogP contribution in [0.25, 0.3) is 11.1 Å². The Morgan fingerprint density at radius 2 is 1.77 bits per heavy atom. The van der Waals surface area contributed by atoms with Crippen molar-refractivity contribution in [2.24, 2.45) is 0 Å². The number of carbonyl (C=O) groups excluding carboxylic acids is 1. The van der Waals surface area contributed by atoms with Crippen LogP contribution in [0.1, 0.15) is 27.4 Å². The molecule has 0 atom stereocenters. The molecule has 1 N–H and O–H groups in total. The Labute approximate surface area is 151 Å². The summed E-state index contributed by atoms with van der Waals surface area (Å²) in [4.78, 5) is 16.9. The van der Waals surface area contributed by atoms with Crippen molar-refractivity contribution in [2.45, 2.75) is 13.3 Å². The van der Waals surface area contributed by atoms with Crippen LogP contribution < -0.4 is 5.32 Å². The van der Waals surface area contributed by atoms with E-state index in [2.05, 4.69) is 10.3 Å². The van der Waals surface area contributed by atoms with Gasteiger partial charge in [0.2, 0.25) is 0 Å². The number of nitrogens with one attached hydrogen (secondary N) is 1. The molecule has 0 bridgehead atoms. The van der Waals surface area contributed by atoms with E-state index in [0.29, 0.717) is 29.1 Å². The zero-order chi connectivity index (χ0) is 17.9. The Morgan fingerprint density at radius 1 is 1.00 bits per heavy atom. The van der Waals surface area contributed by atoms with Crippen LogP contribution in [-0.2, 0) is 6.42 Å². The Hall–Kier alpha value is -3.40. The monoisotopic (exact) mass is 342 g/mol. The Morgan fingerprint density at radius 3 is 2.54 bits per heavy atom. The number of aromatic nitrogens is 1. The predicted molar refractivity (Wildman–Crippen MR) is 102 cm³/mol. The molecule has 26 heavy (non-hydrogen) atoms. The highest BCUT2D eigenvalue weighted by atomic mass is 16.3. The summed E-state index contributed by atoms with van der Waals surface area (Å²) in [5, 5.41) is 2.91. The SMILES string of the molecule is Cc1ccc(C(=O)Nc2ccc3oc(Cc4ccccc4)nc3c2)cc1. The molecule has 0 fully saturated rings. The molecular weight excluding hydrogens is 324 g/mol. The van der Waals surface area contributed by atoms with Gasteiger partial charge in [0, 0.05) is 17.7 Å². The number of hydrogen-bond acceptors (Lipinski definition) is 3. The minimum absolute atomic E-state index is 0.141. The highest BCUT2D eigenvalue weighted by Crippen LogP contribution is 2.22. The van der Waals surface area contributed by atoms with Gasteiger partial charge in [0.25, 0.3) is 5.91 Å². The zero-order valence-corrected chi connectivity index (χ0v) is 14.4. The Bertz CT molecular complexity index is 1050. The van der Waals surface area contributed by atoms with Crippen molar-refractivity contribution < 1.29 is 9.21 Å². The third kappa shape index (κ3) is 3.49. The lowest BCUT2D eigenvalue weighted by Gasteiger charge is -2.05. The van der Waals surface area contributed by atoms with Gasteiger partial charge in [0.05, 0.1) is 0 Å². The van der Waals surface area contributed by atoms with E-state index in [-0.39, 0.29) is 5.91 Å². The van der Waals surface area contributed by atoms with Crippen LogP contribution in [0.2, 0.25) is 0 Å². The van der Waals surface area contributed by atoms with E-state index in [1.807, 2.05) is 79.7 Å². The van der Waals surface area contributed by atoms with Crippen LogP contribution >= 0.6 is 0 Å². The van der Waals surface area contributed by atoms with Crippen LogP contribution in [0.5, 0.6) is 0 Å². The molecule has 128 valence electrons. The van der Waals surface area contributed by atoms with E-state index in [4.69, 9.17) is 4.42 Å². The second-order valence-corrected chi connectivity index (χ2v) is 6.27. The Kier molecular flexibility index (Phi) is 4.23. The van der Waals surface area contributed by atoms with Crippen molar-refractivity contribution >= 4 is 22.7 Å². The number of anilines is 1. The average molecular weight is 342 g/mol.